The van der Waals surface area contributed by atoms with Crippen LogP contribution in [0.15, 0.2) is 23.5 Å². The maximum absolute atomic E-state index is 12.1. The predicted octanol–water partition coefficient (Wildman–Crippen LogP) is 3.32. The normalized spacial score (nSPS) is 11.7. The van der Waals surface area contributed by atoms with E-state index >= 15 is 0 Å². The maximum atomic E-state index is 12.1. The van der Waals surface area contributed by atoms with Crippen LogP contribution in [0.2, 0.25) is 10.0 Å². The Balaban J connectivity index is 2.31. The van der Waals surface area contributed by atoms with Crippen molar-refractivity contribution in [3.63, 3.8) is 0 Å². The van der Waals surface area contributed by atoms with Gasteiger partial charge in [0.2, 0.25) is 5.16 Å². The van der Waals surface area contributed by atoms with Crippen molar-refractivity contribution in [3.8, 4) is 5.75 Å². The first-order valence-corrected chi connectivity index (χ1v) is 9.82. The monoisotopic (exact) mass is 417 g/mol. The Morgan fingerprint density at radius 2 is 1.96 bits per heavy atom. The van der Waals surface area contributed by atoms with Gasteiger partial charge in [-0.05, 0) is 24.6 Å². The number of benzene rings is 1. The number of anilines is 1. The summed E-state index contributed by atoms with van der Waals surface area (Å²) in [7, 11) is 0.0788. The Kier molecular flexibility index (Phi) is 7.19. The number of carbonyl (C=O) groups is 1. The molecule has 26 heavy (non-hydrogen) atoms. The van der Waals surface area contributed by atoms with Gasteiger partial charge in [0.05, 0.1) is 34.6 Å². The molecule has 0 amide bonds. The van der Waals surface area contributed by atoms with Crippen LogP contribution >= 0.6 is 23.2 Å². The van der Waals surface area contributed by atoms with Crippen molar-refractivity contribution in [2.75, 3.05) is 25.3 Å². The summed E-state index contributed by atoms with van der Waals surface area (Å²) < 4.78 is 21.7. The van der Waals surface area contributed by atoms with Crippen molar-refractivity contribution in [2.24, 2.45) is 0 Å². The quantitative estimate of drug-likeness (QED) is 0.545. The Hall–Kier alpha value is -1.90. The molecule has 10 heteroatoms. The smallest absolute Gasteiger partial charge is 0.343 e. The first-order chi connectivity index (χ1) is 12.4. The summed E-state index contributed by atoms with van der Waals surface area (Å²) in [6.45, 7) is 2.18. The van der Waals surface area contributed by atoms with Crippen LogP contribution < -0.4 is 10.1 Å². The number of nitrogens with zero attached hydrogens (tertiary/aromatic N) is 2. The second-order valence-corrected chi connectivity index (χ2v) is 7.12. The summed E-state index contributed by atoms with van der Waals surface area (Å²) in [6.07, 6.45) is 2.74. The molecular weight excluding hydrogens is 401 g/mol. The van der Waals surface area contributed by atoms with Crippen LogP contribution in [0.3, 0.4) is 0 Å². The van der Waals surface area contributed by atoms with Gasteiger partial charge in [-0.1, -0.05) is 23.2 Å². The van der Waals surface area contributed by atoms with Crippen molar-refractivity contribution in [1.82, 2.24) is 9.97 Å². The van der Waals surface area contributed by atoms with Gasteiger partial charge in [0.25, 0.3) is 0 Å². The molecule has 0 saturated heterocycles. The van der Waals surface area contributed by atoms with Crippen LogP contribution in [0, 0.1) is 0 Å². The Bertz CT molecular complexity index is 825. The molecule has 0 saturated carbocycles. The zero-order valence-electron chi connectivity index (χ0n) is 14.3. The van der Waals surface area contributed by atoms with Gasteiger partial charge in [-0.3, -0.25) is 4.21 Å². The molecule has 140 valence electrons. The second-order valence-electron chi connectivity index (χ2n) is 5.04. The summed E-state index contributed by atoms with van der Waals surface area (Å²) in [4.78, 5) is 20.2. The van der Waals surface area contributed by atoms with Gasteiger partial charge in [0.1, 0.15) is 11.4 Å². The topological polar surface area (TPSA) is 90.4 Å². The third kappa shape index (κ3) is 4.84. The van der Waals surface area contributed by atoms with Crippen molar-refractivity contribution in [3.05, 3.63) is 39.5 Å². The van der Waals surface area contributed by atoms with E-state index in [-0.39, 0.29) is 29.7 Å². The number of methoxy groups -OCH3 is 1. The Morgan fingerprint density at radius 1 is 1.31 bits per heavy atom. The van der Waals surface area contributed by atoms with Crippen molar-refractivity contribution < 1.29 is 18.5 Å². The van der Waals surface area contributed by atoms with Crippen LogP contribution in [0.4, 0.5) is 5.82 Å². The third-order valence-electron chi connectivity index (χ3n) is 3.24. The molecule has 1 aromatic heterocycles. The van der Waals surface area contributed by atoms with E-state index in [0.29, 0.717) is 15.8 Å². The average molecular weight is 418 g/mol. The van der Waals surface area contributed by atoms with E-state index in [1.165, 1.54) is 19.6 Å². The van der Waals surface area contributed by atoms with E-state index in [1.54, 1.807) is 19.1 Å². The summed E-state index contributed by atoms with van der Waals surface area (Å²) in [5, 5.41) is 3.84. The second kappa shape index (κ2) is 9.16. The lowest BCUT2D eigenvalue weighted by Gasteiger charge is -2.12. The van der Waals surface area contributed by atoms with Gasteiger partial charge in [-0.25, -0.2) is 14.8 Å². The minimum atomic E-state index is -1.40. The van der Waals surface area contributed by atoms with Gasteiger partial charge in [0, 0.05) is 19.0 Å². The van der Waals surface area contributed by atoms with Crippen LogP contribution in [-0.4, -0.2) is 40.1 Å². The van der Waals surface area contributed by atoms with Crippen molar-refractivity contribution in [2.45, 2.75) is 18.6 Å². The van der Waals surface area contributed by atoms with Gasteiger partial charge < -0.3 is 14.8 Å². The molecule has 2 rings (SSSR count). The number of halogens is 2. The number of ether oxygens (including phenoxy) is 2. The zero-order chi connectivity index (χ0) is 19.3. The molecule has 0 aliphatic heterocycles. The highest BCUT2D eigenvalue weighted by Gasteiger charge is 2.17. The lowest BCUT2D eigenvalue weighted by molar-refractivity contribution is 0.0526. The Morgan fingerprint density at radius 3 is 2.50 bits per heavy atom. The molecule has 0 radical (unpaired) electrons. The lowest BCUT2D eigenvalue weighted by Crippen LogP contribution is -2.14. The minimum absolute atomic E-state index is 0.103. The van der Waals surface area contributed by atoms with Gasteiger partial charge in [0.15, 0.2) is 5.75 Å². The number of carbonyl (C=O) groups excluding carboxylic acids is 1. The number of hydrogen-bond donors (Lipinski definition) is 1. The van der Waals surface area contributed by atoms with Crippen LogP contribution in [0.5, 0.6) is 5.75 Å². The fraction of sp³-hybridized carbons (Fsp3) is 0.312. The molecule has 2 aromatic rings. The van der Waals surface area contributed by atoms with E-state index < -0.39 is 16.8 Å². The molecule has 0 aliphatic carbocycles. The van der Waals surface area contributed by atoms with E-state index in [0.717, 1.165) is 5.56 Å². The summed E-state index contributed by atoms with van der Waals surface area (Å²) in [5.41, 5.74) is 0.889. The minimum Gasteiger partial charge on any atom is -0.494 e. The first kappa shape index (κ1) is 20.4. The number of aromatic nitrogens is 2. The van der Waals surface area contributed by atoms with Crippen molar-refractivity contribution in [1.29, 1.82) is 0 Å². The van der Waals surface area contributed by atoms with Gasteiger partial charge in [-0.2, -0.15) is 0 Å². The number of hydrogen-bond acceptors (Lipinski definition) is 7. The average Bonchev–Trinajstić information content (AvgIpc) is 2.59. The highest BCUT2D eigenvalue weighted by molar-refractivity contribution is 7.84. The molecule has 1 heterocycles. The summed E-state index contributed by atoms with van der Waals surface area (Å²) in [6, 6.07) is 3.37. The van der Waals surface area contributed by atoms with Crippen LogP contribution in [0.1, 0.15) is 22.8 Å². The van der Waals surface area contributed by atoms with E-state index in [4.69, 9.17) is 32.7 Å². The van der Waals surface area contributed by atoms with E-state index in [2.05, 4.69) is 15.3 Å². The molecule has 0 aliphatic rings. The van der Waals surface area contributed by atoms with Crippen LogP contribution in [0.25, 0.3) is 0 Å². The molecule has 0 spiro atoms. The highest BCUT2D eigenvalue weighted by atomic mass is 35.5. The zero-order valence-corrected chi connectivity index (χ0v) is 16.7. The largest absolute Gasteiger partial charge is 0.494 e. The number of rotatable bonds is 7. The molecule has 0 fully saturated rings. The fourth-order valence-electron chi connectivity index (χ4n) is 2.09. The van der Waals surface area contributed by atoms with Gasteiger partial charge in [-0.15, -0.1) is 0 Å². The molecule has 1 atom stereocenters. The molecule has 1 unspecified atom stereocenters. The van der Waals surface area contributed by atoms with E-state index in [9.17, 15) is 9.00 Å². The maximum Gasteiger partial charge on any atom is 0.343 e. The summed E-state index contributed by atoms with van der Waals surface area (Å²) in [5.74, 6) is 0.0240. The molecule has 1 N–H and O–H groups in total. The Labute approximate surface area is 163 Å². The fourth-order valence-corrected chi connectivity index (χ4v) is 3.20. The lowest BCUT2D eigenvalue weighted by atomic mass is 10.2. The number of esters is 1. The third-order valence-corrected chi connectivity index (χ3v) is 4.51. The SMILES string of the molecule is CCOC(=O)c1cnc(S(C)=O)nc1NCc1cc(Cl)c(OC)c(Cl)c1. The highest BCUT2D eigenvalue weighted by Crippen LogP contribution is 2.34. The van der Waals surface area contributed by atoms with Gasteiger partial charge >= 0.3 is 5.97 Å². The predicted molar refractivity (Wildman–Crippen MR) is 101 cm³/mol. The van der Waals surface area contributed by atoms with Crippen LogP contribution in [-0.2, 0) is 22.1 Å². The summed E-state index contributed by atoms with van der Waals surface area (Å²) >= 11 is 12.3. The molecule has 0 bridgehead atoms. The standard InChI is InChI=1S/C16H17Cl2N3O4S/c1-4-25-15(22)10-8-20-16(26(3)23)21-14(10)19-7-9-5-11(17)13(24-2)12(18)6-9/h5-6,8H,4,7H2,1-3H3,(H,19,20,21). The molecule has 7 nitrogen and oxygen atoms in total. The molecular formula is C16H17Cl2N3O4S. The first-order valence-electron chi connectivity index (χ1n) is 7.50. The van der Waals surface area contributed by atoms with E-state index in [1.807, 2.05) is 0 Å². The van der Waals surface area contributed by atoms with Crippen molar-refractivity contribution >= 4 is 45.8 Å². The number of nitrogens with one attached hydrogen (secondary N) is 1. The molecule has 1 aromatic carbocycles.